The van der Waals surface area contributed by atoms with Crippen molar-refractivity contribution in [2.45, 2.75) is 77.0 Å². The Morgan fingerprint density at radius 2 is 1.97 bits per heavy atom. The lowest BCUT2D eigenvalue weighted by atomic mass is 9.86. The Hall–Kier alpha value is -2.72. The van der Waals surface area contributed by atoms with Crippen molar-refractivity contribution in [3.8, 4) is 0 Å². The number of carbonyl (C=O) groups is 2. The van der Waals surface area contributed by atoms with Gasteiger partial charge in [0.1, 0.15) is 5.69 Å². The zero-order valence-corrected chi connectivity index (χ0v) is 23.3. The van der Waals surface area contributed by atoms with E-state index in [-0.39, 0.29) is 23.0 Å². The van der Waals surface area contributed by atoms with Crippen molar-refractivity contribution in [1.29, 1.82) is 0 Å². The number of fused-ring (bicyclic) bond motifs is 1. The summed E-state index contributed by atoms with van der Waals surface area (Å²) >= 11 is 0. The maximum atomic E-state index is 13.0. The van der Waals surface area contributed by atoms with Crippen LogP contribution in [0.25, 0.3) is 0 Å². The molecule has 0 fully saturated rings. The highest BCUT2D eigenvalue weighted by Crippen LogP contribution is 2.28. The maximum Gasteiger partial charge on any atom is 0.338 e. The van der Waals surface area contributed by atoms with Crippen molar-refractivity contribution in [1.82, 2.24) is 15.1 Å². The molecule has 3 rings (SSSR count). The van der Waals surface area contributed by atoms with Crippen molar-refractivity contribution in [3.63, 3.8) is 0 Å². The lowest BCUT2D eigenvalue weighted by molar-refractivity contribution is 0.0339. The first-order valence-corrected chi connectivity index (χ1v) is 14.5. The number of aromatic nitrogens is 2. The number of sulfone groups is 1. The summed E-state index contributed by atoms with van der Waals surface area (Å²) in [4.78, 5) is 25.9. The van der Waals surface area contributed by atoms with Gasteiger partial charge in [0.2, 0.25) is 0 Å². The molecule has 0 saturated carbocycles. The summed E-state index contributed by atoms with van der Waals surface area (Å²) < 4.78 is 38.0. The number of rotatable bonds is 8. The Bertz CT molecular complexity index is 1220. The molecule has 0 atom stereocenters. The van der Waals surface area contributed by atoms with Crippen LogP contribution in [-0.4, -0.2) is 61.7 Å². The molecule has 2 heterocycles. The highest BCUT2D eigenvalue weighted by atomic mass is 32.2. The molecule has 37 heavy (non-hydrogen) atoms. The van der Waals surface area contributed by atoms with Gasteiger partial charge in [0, 0.05) is 43.7 Å². The topological polar surface area (TPSA) is 117 Å². The molecular weight excluding hydrogens is 494 g/mol. The summed E-state index contributed by atoms with van der Waals surface area (Å²) in [7, 11) is -3.50. The molecule has 0 unspecified atom stereocenters. The Labute approximate surface area is 219 Å². The van der Waals surface area contributed by atoms with Crippen LogP contribution >= 0.6 is 0 Å². The van der Waals surface area contributed by atoms with E-state index in [4.69, 9.17) is 14.6 Å². The van der Waals surface area contributed by atoms with Crippen LogP contribution in [0.15, 0.2) is 29.2 Å². The van der Waals surface area contributed by atoms with Crippen LogP contribution in [-0.2, 0) is 38.7 Å². The molecule has 1 aliphatic heterocycles. The lowest BCUT2D eigenvalue weighted by Crippen LogP contribution is -2.28. The number of aryl methyl sites for hydroxylation is 1. The summed E-state index contributed by atoms with van der Waals surface area (Å²) in [6, 6.07) is 5.95. The van der Waals surface area contributed by atoms with Crippen LogP contribution in [0.3, 0.4) is 0 Å². The van der Waals surface area contributed by atoms with Gasteiger partial charge in [-0.1, -0.05) is 19.9 Å². The van der Waals surface area contributed by atoms with E-state index in [9.17, 15) is 18.0 Å². The predicted octanol–water partition coefficient (Wildman–Crippen LogP) is 3.59. The summed E-state index contributed by atoms with van der Waals surface area (Å²) in [6.45, 7) is 11.6. The highest BCUT2D eigenvalue weighted by molar-refractivity contribution is 7.92. The first kappa shape index (κ1) is 28.8. The minimum Gasteiger partial charge on any atom is -0.462 e. The van der Waals surface area contributed by atoms with Crippen LogP contribution in [0.4, 0.5) is 0 Å². The number of carbonyl (C=O) groups excluding carboxylic acids is 2. The first-order chi connectivity index (χ1) is 17.5. The number of hydrogen-bond acceptors (Lipinski definition) is 7. The van der Waals surface area contributed by atoms with Gasteiger partial charge in [0.15, 0.2) is 9.84 Å². The van der Waals surface area contributed by atoms with Crippen LogP contribution in [0.2, 0.25) is 0 Å². The van der Waals surface area contributed by atoms with Crippen molar-refractivity contribution in [3.05, 3.63) is 46.8 Å². The molecule has 0 aliphatic carbocycles. The standard InChI is InChI=1S/C27H39N3O6S/c1-6-30-24-22(12-8-14-35-15-9-13-28-25(24)31)23(29-30)17-27(4,5)18-36-26(32)20-10-7-11-21(16-20)37(33,34)19(2)3/h7,10-11,16,19H,6,8-9,12-15,17-18H2,1-5H3,(H,28,31). The van der Waals surface area contributed by atoms with Crippen molar-refractivity contribution >= 4 is 21.7 Å². The van der Waals surface area contributed by atoms with Crippen LogP contribution in [0.1, 0.15) is 79.6 Å². The molecule has 0 saturated heterocycles. The van der Waals surface area contributed by atoms with Gasteiger partial charge in [-0.3, -0.25) is 9.48 Å². The number of esters is 1. The maximum absolute atomic E-state index is 13.0. The number of nitrogens with one attached hydrogen (secondary N) is 1. The van der Waals surface area contributed by atoms with Gasteiger partial charge in [0.25, 0.3) is 5.91 Å². The lowest BCUT2D eigenvalue weighted by Gasteiger charge is -2.24. The zero-order valence-electron chi connectivity index (χ0n) is 22.5. The molecule has 10 heteroatoms. The SMILES string of the molecule is CCn1nc(CC(C)(C)COC(=O)c2cccc(S(=O)(=O)C(C)C)c2)c2c1C(=O)NCCCOCCC2. The van der Waals surface area contributed by atoms with E-state index >= 15 is 0 Å². The molecule has 1 amide bonds. The molecule has 0 radical (unpaired) electrons. The smallest absolute Gasteiger partial charge is 0.338 e. The third-order valence-electron chi connectivity index (χ3n) is 6.37. The zero-order chi connectivity index (χ0) is 27.2. The molecule has 0 spiro atoms. The number of nitrogens with zero attached hydrogens (tertiary/aromatic N) is 2. The molecular formula is C27H39N3O6S. The van der Waals surface area contributed by atoms with Gasteiger partial charge in [-0.25, -0.2) is 13.2 Å². The van der Waals surface area contributed by atoms with E-state index in [2.05, 4.69) is 5.32 Å². The molecule has 1 aromatic carbocycles. The van der Waals surface area contributed by atoms with Crippen LogP contribution in [0, 0.1) is 5.41 Å². The summed E-state index contributed by atoms with van der Waals surface area (Å²) in [5.74, 6) is -0.707. The van der Waals surface area contributed by atoms with Crippen molar-refractivity contribution in [2.75, 3.05) is 26.4 Å². The molecule has 9 nitrogen and oxygen atoms in total. The molecule has 0 bridgehead atoms. The van der Waals surface area contributed by atoms with Crippen LogP contribution in [0.5, 0.6) is 0 Å². The van der Waals surface area contributed by atoms with Crippen molar-refractivity contribution < 1.29 is 27.5 Å². The fourth-order valence-electron chi connectivity index (χ4n) is 4.27. The summed E-state index contributed by atoms with van der Waals surface area (Å²) in [6.07, 6.45) is 2.73. The molecule has 1 aliphatic rings. The van der Waals surface area contributed by atoms with E-state index in [1.807, 2.05) is 20.8 Å². The third-order valence-corrected chi connectivity index (χ3v) is 8.53. The van der Waals surface area contributed by atoms with Gasteiger partial charge in [-0.15, -0.1) is 0 Å². The average Bonchev–Trinajstić information content (AvgIpc) is 3.18. The monoisotopic (exact) mass is 533 g/mol. The van der Waals surface area contributed by atoms with Gasteiger partial charge < -0.3 is 14.8 Å². The van der Waals surface area contributed by atoms with E-state index in [0.717, 1.165) is 24.1 Å². The minimum absolute atomic E-state index is 0.102. The second-order valence-corrected chi connectivity index (χ2v) is 13.0. The Kier molecular flexibility index (Phi) is 9.52. The molecule has 1 aromatic heterocycles. The van der Waals surface area contributed by atoms with E-state index in [1.54, 1.807) is 30.7 Å². The fraction of sp³-hybridized carbons (Fsp3) is 0.593. The fourth-order valence-corrected chi connectivity index (χ4v) is 5.37. The number of hydrogen-bond donors (Lipinski definition) is 1. The molecule has 204 valence electrons. The molecule has 2 aromatic rings. The molecule has 1 N–H and O–H groups in total. The Morgan fingerprint density at radius 3 is 2.68 bits per heavy atom. The van der Waals surface area contributed by atoms with Gasteiger partial charge in [-0.2, -0.15) is 5.10 Å². The van der Waals surface area contributed by atoms with E-state index < -0.39 is 26.5 Å². The minimum atomic E-state index is -3.50. The van der Waals surface area contributed by atoms with E-state index in [0.29, 0.717) is 44.8 Å². The summed E-state index contributed by atoms with van der Waals surface area (Å²) in [5, 5.41) is 7.15. The Morgan fingerprint density at radius 1 is 1.24 bits per heavy atom. The highest BCUT2D eigenvalue weighted by Gasteiger charge is 2.29. The first-order valence-electron chi connectivity index (χ1n) is 12.9. The van der Waals surface area contributed by atoms with Gasteiger partial charge in [-0.05, 0) is 58.2 Å². The quantitative estimate of drug-likeness (QED) is 0.516. The number of ether oxygens (including phenoxy) is 2. The largest absolute Gasteiger partial charge is 0.462 e. The average molecular weight is 534 g/mol. The number of amides is 1. The van der Waals surface area contributed by atoms with Gasteiger partial charge >= 0.3 is 5.97 Å². The Balaban J connectivity index is 1.77. The number of benzene rings is 1. The third kappa shape index (κ3) is 7.19. The summed E-state index contributed by atoms with van der Waals surface area (Å²) in [5.41, 5.74) is 2.04. The van der Waals surface area contributed by atoms with E-state index in [1.165, 1.54) is 12.1 Å². The predicted molar refractivity (Wildman–Crippen MR) is 141 cm³/mol. The van der Waals surface area contributed by atoms with Crippen molar-refractivity contribution in [2.24, 2.45) is 5.41 Å². The van der Waals surface area contributed by atoms with Crippen LogP contribution < -0.4 is 5.32 Å². The second kappa shape index (κ2) is 12.2. The normalized spacial score (nSPS) is 15.6. The second-order valence-electron chi connectivity index (χ2n) is 10.5. The van der Waals surface area contributed by atoms with Gasteiger partial charge in [0.05, 0.1) is 28.0 Å².